The van der Waals surface area contributed by atoms with E-state index in [1.165, 1.54) is 0 Å². The molecule has 0 saturated heterocycles. The molecule has 0 spiro atoms. The van der Waals surface area contributed by atoms with Crippen molar-refractivity contribution in [2.45, 2.75) is 25.7 Å². The number of hydrogen-bond acceptors (Lipinski definition) is 4. The predicted molar refractivity (Wildman–Crippen MR) is 72.3 cm³/mol. The molecule has 0 radical (unpaired) electrons. The van der Waals surface area contributed by atoms with Crippen LogP contribution in [0.5, 0.6) is 0 Å². The Morgan fingerprint density at radius 2 is 1.78 bits per heavy atom. The van der Waals surface area contributed by atoms with Crippen LogP contribution in [0.2, 0.25) is 0 Å². The van der Waals surface area contributed by atoms with E-state index in [0.717, 1.165) is 18.4 Å². The second kappa shape index (κ2) is 7.08. The molecule has 0 aromatic heterocycles. The lowest BCUT2D eigenvalue weighted by molar-refractivity contribution is -0.384. The molecule has 0 fully saturated rings. The monoisotopic (exact) mass is 251 g/mol. The van der Waals surface area contributed by atoms with Crippen molar-refractivity contribution in [3.8, 4) is 0 Å². The number of hydrogen-bond donors (Lipinski definition) is 2. The zero-order chi connectivity index (χ0) is 13.5. The molecule has 1 aromatic carbocycles. The van der Waals surface area contributed by atoms with Crippen molar-refractivity contribution >= 4 is 5.69 Å². The van der Waals surface area contributed by atoms with Crippen molar-refractivity contribution < 1.29 is 4.92 Å². The number of non-ortho nitro benzene ring substituents is 1. The maximum absolute atomic E-state index is 10.6. The van der Waals surface area contributed by atoms with Crippen molar-refractivity contribution in [3.63, 3.8) is 0 Å². The van der Waals surface area contributed by atoms with Gasteiger partial charge in [0.1, 0.15) is 0 Å². The summed E-state index contributed by atoms with van der Waals surface area (Å²) in [5.41, 5.74) is 12.6. The molecule has 4 N–H and O–H groups in total. The first-order valence-electron chi connectivity index (χ1n) is 6.26. The molecule has 0 amide bonds. The molecular formula is C13H21N3O2. The molecule has 1 rings (SSSR count). The Morgan fingerprint density at radius 3 is 2.17 bits per heavy atom. The van der Waals surface area contributed by atoms with Crippen molar-refractivity contribution in [2.75, 3.05) is 13.1 Å². The van der Waals surface area contributed by atoms with Gasteiger partial charge in [-0.25, -0.2) is 0 Å². The van der Waals surface area contributed by atoms with Crippen molar-refractivity contribution in [1.29, 1.82) is 0 Å². The fraction of sp³-hybridized carbons (Fsp3) is 0.538. The largest absolute Gasteiger partial charge is 0.330 e. The summed E-state index contributed by atoms with van der Waals surface area (Å²) in [6, 6.07) is 6.77. The van der Waals surface area contributed by atoms with Gasteiger partial charge in [-0.2, -0.15) is 0 Å². The predicted octanol–water partition coefficient (Wildman–Crippen LogP) is 2.01. The van der Waals surface area contributed by atoms with E-state index in [4.69, 9.17) is 11.5 Å². The Labute approximate surface area is 107 Å². The van der Waals surface area contributed by atoms with Crippen LogP contribution >= 0.6 is 0 Å². The summed E-state index contributed by atoms with van der Waals surface area (Å²) in [5, 5.41) is 10.6. The lowest BCUT2D eigenvalue weighted by atomic mass is 9.87. The highest BCUT2D eigenvalue weighted by Crippen LogP contribution is 2.27. The first-order chi connectivity index (χ1) is 8.62. The molecule has 0 saturated carbocycles. The van der Waals surface area contributed by atoms with Gasteiger partial charge in [-0.3, -0.25) is 10.1 Å². The number of rotatable bonds is 7. The Hall–Kier alpha value is -1.46. The lowest BCUT2D eigenvalue weighted by Gasteiger charge is -2.20. The van der Waals surface area contributed by atoms with E-state index in [9.17, 15) is 10.1 Å². The van der Waals surface area contributed by atoms with Gasteiger partial charge < -0.3 is 11.5 Å². The average molecular weight is 251 g/mol. The second-order valence-electron chi connectivity index (χ2n) is 4.53. The number of nitrogens with zero attached hydrogens (tertiary/aromatic N) is 1. The standard InChI is InChI=1S/C13H21N3O2/c1-2-11(7-10(8-14)9-15)12-3-5-13(6-4-12)16(17)18/h3-6,10-11H,2,7-9,14-15H2,1H3. The molecular weight excluding hydrogens is 230 g/mol. The first-order valence-corrected chi connectivity index (χ1v) is 6.26. The van der Waals surface area contributed by atoms with Crippen LogP contribution in [-0.2, 0) is 0 Å². The maximum Gasteiger partial charge on any atom is 0.269 e. The molecule has 100 valence electrons. The number of nitrogens with two attached hydrogens (primary N) is 2. The SMILES string of the molecule is CCC(CC(CN)CN)c1ccc([N+](=O)[O-])cc1. The molecule has 1 atom stereocenters. The highest BCUT2D eigenvalue weighted by Gasteiger charge is 2.16. The zero-order valence-corrected chi connectivity index (χ0v) is 10.7. The van der Waals surface area contributed by atoms with E-state index in [-0.39, 0.29) is 10.6 Å². The van der Waals surface area contributed by atoms with Gasteiger partial charge in [0.2, 0.25) is 0 Å². The fourth-order valence-corrected chi connectivity index (χ4v) is 2.10. The number of benzene rings is 1. The third-order valence-electron chi connectivity index (χ3n) is 3.35. The molecule has 1 aromatic rings. The molecule has 0 heterocycles. The van der Waals surface area contributed by atoms with E-state index in [1.807, 2.05) is 12.1 Å². The van der Waals surface area contributed by atoms with Crippen LogP contribution in [0.4, 0.5) is 5.69 Å². The molecule has 0 aliphatic carbocycles. The van der Waals surface area contributed by atoms with Crippen LogP contribution in [0, 0.1) is 16.0 Å². The fourth-order valence-electron chi connectivity index (χ4n) is 2.10. The van der Waals surface area contributed by atoms with E-state index in [2.05, 4.69) is 6.92 Å². The van der Waals surface area contributed by atoms with Gasteiger partial charge in [-0.15, -0.1) is 0 Å². The smallest absolute Gasteiger partial charge is 0.269 e. The van der Waals surface area contributed by atoms with Crippen LogP contribution < -0.4 is 11.5 Å². The quantitative estimate of drug-likeness (QED) is 0.572. The van der Waals surface area contributed by atoms with Crippen LogP contribution in [0.15, 0.2) is 24.3 Å². The summed E-state index contributed by atoms with van der Waals surface area (Å²) < 4.78 is 0. The maximum atomic E-state index is 10.6. The molecule has 5 nitrogen and oxygen atoms in total. The van der Waals surface area contributed by atoms with Crippen molar-refractivity contribution in [2.24, 2.45) is 17.4 Å². The summed E-state index contributed by atoms with van der Waals surface area (Å²) in [5.74, 6) is 0.674. The van der Waals surface area contributed by atoms with Gasteiger partial charge in [0.15, 0.2) is 0 Å². The van der Waals surface area contributed by atoms with Crippen LogP contribution in [0.1, 0.15) is 31.2 Å². The topological polar surface area (TPSA) is 95.2 Å². The van der Waals surface area contributed by atoms with Crippen molar-refractivity contribution in [1.82, 2.24) is 0 Å². The second-order valence-corrected chi connectivity index (χ2v) is 4.53. The van der Waals surface area contributed by atoms with E-state index >= 15 is 0 Å². The normalized spacial score (nSPS) is 12.7. The summed E-state index contributed by atoms with van der Waals surface area (Å²) >= 11 is 0. The molecule has 0 aliphatic rings. The first kappa shape index (κ1) is 14.6. The molecule has 18 heavy (non-hydrogen) atoms. The van der Waals surface area contributed by atoms with E-state index < -0.39 is 0 Å². The van der Waals surface area contributed by atoms with Crippen molar-refractivity contribution in [3.05, 3.63) is 39.9 Å². The summed E-state index contributed by atoms with van der Waals surface area (Å²) in [4.78, 5) is 10.2. The Kier molecular flexibility index (Phi) is 5.74. The third kappa shape index (κ3) is 3.78. The molecule has 5 heteroatoms. The summed E-state index contributed by atoms with van der Waals surface area (Å²) in [6.07, 6.45) is 1.91. The van der Waals surface area contributed by atoms with E-state index in [0.29, 0.717) is 24.9 Å². The van der Waals surface area contributed by atoms with Gasteiger partial charge in [0.25, 0.3) is 5.69 Å². The zero-order valence-electron chi connectivity index (χ0n) is 10.7. The number of nitro benzene ring substituents is 1. The average Bonchev–Trinajstić information content (AvgIpc) is 2.40. The minimum absolute atomic E-state index is 0.128. The highest BCUT2D eigenvalue weighted by atomic mass is 16.6. The highest BCUT2D eigenvalue weighted by molar-refractivity contribution is 5.34. The summed E-state index contributed by atoms with van der Waals surface area (Å²) in [6.45, 7) is 3.27. The number of nitro groups is 1. The Bertz CT molecular complexity index is 374. The van der Waals surface area contributed by atoms with Crippen LogP contribution in [-0.4, -0.2) is 18.0 Å². The molecule has 0 aliphatic heterocycles. The minimum atomic E-state index is -0.382. The van der Waals surface area contributed by atoms with Crippen LogP contribution in [0.25, 0.3) is 0 Å². The Balaban J connectivity index is 2.78. The van der Waals surface area contributed by atoms with Gasteiger partial charge in [-0.05, 0) is 43.3 Å². The molecule has 0 bridgehead atoms. The van der Waals surface area contributed by atoms with Gasteiger partial charge in [-0.1, -0.05) is 19.1 Å². The Morgan fingerprint density at radius 1 is 1.22 bits per heavy atom. The third-order valence-corrected chi connectivity index (χ3v) is 3.35. The van der Waals surface area contributed by atoms with Gasteiger partial charge in [0.05, 0.1) is 4.92 Å². The summed E-state index contributed by atoms with van der Waals surface area (Å²) in [7, 11) is 0. The van der Waals surface area contributed by atoms with Crippen LogP contribution in [0.3, 0.4) is 0 Å². The molecule has 1 unspecified atom stereocenters. The van der Waals surface area contributed by atoms with Gasteiger partial charge >= 0.3 is 0 Å². The van der Waals surface area contributed by atoms with E-state index in [1.54, 1.807) is 12.1 Å². The minimum Gasteiger partial charge on any atom is -0.330 e. The van der Waals surface area contributed by atoms with Gasteiger partial charge in [0, 0.05) is 12.1 Å². The lowest BCUT2D eigenvalue weighted by Crippen LogP contribution is -2.25.